The number of hydrogen-bond acceptors (Lipinski definition) is 4. The molecule has 0 saturated carbocycles. The van der Waals surface area contributed by atoms with Crippen LogP contribution < -0.4 is 5.32 Å². The zero-order valence-electron chi connectivity index (χ0n) is 16.5. The number of nitrogens with one attached hydrogen (secondary N) is 1. The van der Waals surface area contributed by atoms with E-state index in [1.54, 1.807) is 18.2 Å². The third-order valence-corrected chi connectivity index (χ3v) is 5.22. The molecule has 2 fully saturated rings. The molecule has 1 aromatic carbocycles. The van der Waals surface area contributed by atoms with Crippen molar-refractivity contribution in [3.05, 3.63) is 35.6 Å². The van der Waals surface area contributed by atoms with Crippen molar-refractivity contribution in [3.63, 3.8) is 0 Å². The third-order valence-electron chi connectivity index (χ3n) is 5.22. The predicted molar refractivity (Wildman–Crippen MR) is 120 cm³/mol. The minimum Gasteiger partial charge on any atom is -0.386 e. The van der Waals surface area contributed by atoms with Gasteiger partial charge in [-0.25, -0.2) is 4.39 Å². The molecule has 0 aliphatic carbocycles. The van der Waals surface area contributed by atoms with Crippen LogP contribution in [-0.4, -0.2) is 79.9 Å². The van der Waals surface area contributed by atoms with E-state index in [2.05, 4.69) is 20.1 Å². The highest BCUT2D eigenvalue weighted by Crippen LogP contribution is 2.20. The maximum atomic E-state index is 13.8. The molecule has 158 valence electrons. The van der Waals surface area contributed by atoms with Gasteiger partial charge in [0.15, 0.2) is 5.96 Å². The fourth-order valence-corrected chi connectivity index (χ4v) is 3.77. The van der Waals surface area contributed by atoms with Crippen LogP contribution in [0.5, 0.6) is 0 Å². The second kappa shape index (κ2) is 11.9. The minimum absolute atomic E-state index is 0. The molecule has 2 aliphatic rings. The lowest BCUT2D eigenvalue weighted by Crippen LogP contribution is -2.42. The Hall–Kier alpha value is -0.970. The first-order chi connectivity index (χ1) is 13.2. The van der Waals surface area contributed by atoms with E-state index in [0.29, 0.717) is 11.5 Å². The van der Waals surface area contributed by atoms with Gasteiger partial charge in [-0.15, -0.1) is 24.0 Å². The smallest absolute Gasteiger partial charge is 0.194 e. The third kappa shape index (κ3) is 6.53. The Kier molecular flexibility index (Phi) is 9.90. The van der Waals surface area contributed by atoms with Crippen molar-refractivity contribution in [3.8, 4) is 0 Å². The van der Waals surface area contributed by atoms with Gasteiger partial charge in [0.25, 0.3) is 0 Å². The van der Waals surface area contributed by atoms with Crippen LogP contribution in [0, 0.1) is 11.7 Å². The molecule has 2 unspecified atom stereocenters. The monoisotopic (exact) mass is 506 g/mol. The molecule has 3 rings (SSSR count). The molecule has 0 amide bonds. The summed E-state index contributed by atoms with van der Waals surface area (Å²) in [6.07, 6.45) is 0.198. The van der Waals surface area contributed by atoms with Gasteiger partial charge >= 0.3 is 0 Å². The number of hydrogen-bond donors (Lipinski definition) is 2. The maximum absolute atomic E-state index is 13.8. The number of benzene rings is 1. The van der Waals surface area contributed by atoms with Gasteiger partial charge in [0, 0.05) is 44.8 Å². The fourth-order valence-electron chi connectivity index (χ4n) is 3.77. The zero-order chi connectivity index (χ0) is 19.1. The molecular formula is C20H32FIN4O2. The van der Waals surface area contributed by atoms with Gasteiger partial charge in [0.2, 0.25) is 0 Å². The molecule has 2 aliphatic heterocycles. The summed E-state index contributed by atoms with van der Waals surface area (Å²) in [5.41, 5.74) is 0.295. The normalized spacial score (nSPS) is 22.0. The summed E-state index contributed by atoms with van der Waals surface area (Å²) >= 11 is 0. The fraction of sp³-hybridized carbons (Fsp3) is 0.650. The van der Waals surface area contributed by atoms with Crippen molar-refractivity contribution >= 4 is 29.9 Å². The van der Waals surface area contributed by atoms with Gasteiger partial charge in [-0.3, -0.25) is 9.89 Å². The van der Waals surface area contributed by atoms with Crippen LogP contribution in [-0.2, 0) is 4.74 Å². The molecule has 28 heavy (non-hydrogen) atoms. The van der Waals surface area contributed by atoms with Crippen molar-refractivity contribution in [2.24, 2.45) is 10.9 Å². The quantitative estimate of drug-likeness (QED) is 0.352. The van der Waals surface area contributed by atoms with Gasteiger partial charge < -0.3 is 20.1 Å². The van der Waals surface area contributed by atoms with Crippen molar-refractivity contribution in [1.29, 1.82) is 0 Å². The number of ether oxygens (including phenoxy) is 1. The van der Waals surface area contributed by atoms with Gasteiger partial charge in [-0.05, 0) is 25.3 Å². The average Bonchev–Trinajstić information content (AvgIpc) is 3.14. The molecule has 8 heteroatoms. The van der Waals surface area contributed by atoms with E-state index in [1.807, 2.05) is 6.92 Å². The number of nitrogens with zero attached hydrogens (tertiary/aromatic N) is 3. The van der Waals surface area contributed by atoms with Gasteiger partial charge in [0.05, 0.1) is 19.8 Å². The number of guanidine groups is 1. The van der Waals surface area contributed by atoms with Crippen LogP contribution in [0.3, 0.4) is 0 Å². The Morgan fingerprint density at radius 3 is 2.79 bits per heavy atom. The predicted octanol–water partition coefficient (Wildman–Crippen LogP) is 2.10. The number of rotatable bonds is 6. The van der Waals surface area contributed by atoms with E-state index in [1.165, 1.54) is 6.07 Å². The van der Waals surface area contributed by atoms with Gasteiger partial charge in [0.1, 0.15) is 11.9 Å². The van der Waals surface area contributed by atoms with E-state index in [9.17, 15) is 9.50 Å². The summed E-state index contributed by atoms with van der Waals surface area (Å²) in [5, 5.41) is 13.6. The lowest BCUT2D eigenvalue weighted by Gasteiger charge is -2.29. The summed E-state index contributed by atoms with van der Waals surface area (Å²) in [7, 11) is 0. The van der Waals surface area contributed by atoms with Crippen molar-refractivity contribution in [1.82, 2.24) is 15.1 Å². The average molecular weight is 506 g/mol. The van der Waals surface area contributed by atoms with Crippen LogP contribution in [0.25, 0.3) is 0 Å². The number of aliphatic hydroxyl groups is 1. The van der Waals surface area contributed by atoms with E-state index < -0.39 is 11.9 Å². The first-order valence-corrected chi connectivity index (χ1v) is 9.93. The maximum Gasteiger partial charge on any atom is 0.194 e. The van der Waals surface area contributed by atoms with Crippen LogP contribution in [0.4, 0.5) is 4.39 Å². The van der Waals surface area contributed by atoms with Crippen LogP contribution in [0.2, 0.25) is 0 Å². The number of aliphatic imine (C=N–C) groups is 1. The second-order valence-electron chi connectivity index (χ2n) is 7.25. The molecule has 2 saturated heterocycles. The number of morpholine rings is 1. The SMILES string of the molecule is CCNC(=NCC(O)c1ccccc1F)N1CCC(CN2CCOCC2)C1.I. The van der Waals surface area contributed by atoms with E-state index in [-0.39, 0.29) is 30.5 Å². The van der Waals surface area contributed by atoms with E-state index >= 15 is 0 Å². The summed E-state index contributed by atoms with van der Waals surface area (Å²) < 4.78 is 19.3. The van der Waals surface area contributed by atoms with Crippen LogP contribution in [0.1, 0.15) is 25.0 Å². The standard InChI is InChI=1S/C20H31FN4O2.HI/c1-2-22-20(23-13-19(26)17-5-3-4-6-18(17)21)25-8-7-16(15-25)14-24-9-11-27-12-10-24;/h3-6,16,19,26H,2,7-15H2,1H3,(H,22,23);1H. The van der Waals surface area contributed by atoms with Crippen molar-refractivity contribution in [2.75, 3.05) is 59.0 Å². The summed E-state index contributed by atoms with van der Waals surface area (Å²) in [4.78, 5) is 9.30. The zero-order valence-corrected chi connectivity index (χ0v) is 18.8. The molecule has 2 atom stereocenters. The highest BCUT2D eigenvalue weighted by Gasteiger charge is 2.27. The Balaban J connectivity index is 0.00000280. The van der Waals surface area contributed by atoms with Crippen molar-refractivity contribution < 1.29 is 14.2 Å². The lowest BCUT2D eigenvalue weighted by atomic mass is 10.1. The first-order valence-electron chi connectivity index (χ1n) is 9.93. The van der Waals surface area contributed by atoms with Gasteiger partial charge in [-0.1, -0.05) is 18.2 Å². The molecule has 0 aromatic heterocycles. The van der Waals surface area contributed by atoms with E-state index in [4.69, 9.17) is 4.74 Å². The van der Waals surface area contributed by atoms with E-state index in [0.717, 1.165) is 64.9 Å². The summed E-state index contributed by atoms with van der Waals surface area (Å²) in [6, 6.07) is 6.33. The highest BCUT2D eigenvalue weighted by atomic mass is 127. The number of halogens is 2. The lowest BCUT2D eigenvalue weighted by molar-refractivity contribution is 0.0315. The van der Waals surface area contributed by atoms with Crippen molar-refractivity contribution in [2.45, 2.75) is 19.4 Å². The molecule has 1 aromatic rings. The largest absolute Gasteiger partial charge is 0.386 e. The molecule has 2 heterocycles. The number of likely N-dealkylation sites (tertiary alicyclic amines) is 1. The highest BCUT2D eigenvalue weighted by molar-refractivity contribution is 14.0. The Morgan fingerprint density at radius 2 is 2.07 bits per heavy atom. The topological polar surface area (TPSA) is 60.3 Å². The second-order valence-corrected chi connectivity index (χ2v) is 7.25. The van der Waals surface area contributed by atoms with Crippen LogP contribution in [0.15, 0.2) is 29.3 Å². The molecule has 0 radical (unpaired) electrons. The Morgan fingerprint density at radius 1 is 1.32 bits per heavy atom. The first kappa shape index (κ1) is 23.3. The van der Waals surface area contributed by atoms with Crippen LogP contribution >= 0.6 is 24.0 Å². The summed E-state index contributed by atoms with van der Waals surface area (Å²) in [6.45, 7) is 9.63. The molecule has 2 N–H and O–H groups in total. The molecular weight excluding hydrogens is 474 g/mol. The molecule has 0 bridgehead atoms. The van der Waals surface area contributed by atoms with Gasteiger partial charge in [-0.2, -0.15) is 0 Å². The Bertz CT molecular complexity index is 628. The Labute approximate surface area is 184 Å². The minimum atomic E-state index is -0.938. The number of aliphatic hydroxyl groups excluding tert-OH is 1. The molecule has 6 nitrogen and oxygen atoms in total. The molecule has 0 spiro atoms. The summed E-state index contributed by atoms with van der Waals surface area (Å²) in [5.74, 6) is 1.03.